The van der Waals surface area contributed by atoms with Crippen molar-refractivity contribution in [2.75, 3.05) is 33.9 Å². The summed E-state index contributed by atoms with van der Waals surface area (Å²) >= 11 is 0. The Hall–Kier alpha value is -0.0800. The lowest BCUT2D eigenvalue weighted by Crippen LogP contribution is -2.49. The van der Waals surface area contributed by atoms with Gasteiger partial charge in [-0.05, 0) is 23.7 Å². The Labute approximate surface area is 172 Å². The van der Waals surface area contributed by atoms with E-state index in [0.717, 1.165) is 32.1 Å². The van der Waals surface area contributed by atoms with Crippen LogP contribution in [0.4, 0.5) is 0 Å². The first-order chi connectivity index (χ1) is 11.1. The van der Waals surface area contributed by atoms with Gasteiger partial charge >= 0.3 is 0 Å². The van der Waals surface area contributed by atoms with Crippen molar-refractivity contribution in [3.05, 3.63) is 0 Å². The first kappa shape index (κ1) is 24.9. The number of hydrogen-bond donors (Lipinski definition) is 2. The third kappa shape index (κ3) is 8.43. The summed E-state index contributed by atoms with van der Waals surface area (Å²) in [7, 11) is 3.58. The second kappa shape index (κ2) is 10.9. The summed E-state index contributed by atoms with van der Waals surface area (Å²) < 4.78 is 11.7. The molecule has 0 aromatic rings. The summed E-state index contributed by atoms with van der Waals surface area (Å²) in [5, 5.41) is 6.87. The molecule has 2 N–H and O–H groups in total. The Morgan fingerprint density at radius 1 is 1.20 bits per heavy atom. The van der Waals surface area contributed by atoms with Crippen LogP contribution in [-0.2, 0) is 9.47 Å². The van der Waals surface area contributed by atoms with Crippen molar-refractivity contribution < 1.29 is 9.47 Å². The van der Waals surface area contributed by atoms with Crippen LogP contribution in [-0.4, -0.2) is 52.0 Å². The number of hydrogen-bond acceptors (Lipinski definition) is 3. The summed E-state index contributed by atoms with van der Waals surface area (Å²) in [6.07, 6.45) is 2.77. The first-order valence-corrected chi connectivity index (χ1v) is 9.18. The fourth-order valence-electron chi connectivity index (χ4n) is 3.39. The maximum absolute atomic E-state index is 6.06. The molecule has 1 aliphatic rings. The van der Waals surface area contributed by atoms with Crippen LogP contribution in [0.25, 0.3) is 0 Å². The minimum absolute atomic E-state index is 0. The predicted molar refractivity (Wildman–Crippen MR) is 117 cm³/mol. The van der Waals surface area contributed by atoms with Crippen LogP contribution in [0.1, 0.15) is 54.4 Å². The van der Waals surface area contributed by atoms with E-state index in [9.17, 15) is 0 Å². The maximum Gasteiger partial charge on any atom is 0.191 e. The smallest absolute Gasteiger partial charge is 0.191 e. The molecule has 0 spiro atoms. The van der Waals surface area contributed by atoms with E-state index < -0.39 is 0 Å². The molecule has 5 nitrogen and oxygen atoms in total. The molecule has 25 heavy (non-hydrogen) atoms. The second-order valence-electron chi connectivity index (χ2n) is 8.98. The van der Waals surface area contributed by atoms with E-state index in [1.54, 1.807) is 7.11 Å². The number of halogens is 1. The molecule has 6 heteroatoms. The molecule has 1 heterocycles. The van der Waals surface area contributed by atoms with E-state index in [2.05, 4.69) is 57.2 Å². The van der Waals surface area contributed by atoms with Gasteiger partial charge in [-0.25, -0.2) is 0 Å². The average molecular weight is 469 g/mol. The highest BCUT2D eigenvalue weighted by Gasteiger charge is 2.35. The third-order valence-corrected chi connectivity index (χ3v) is 4.76. The molecule has 1 fully saturated rings. The normalized spacial score (nSPS) is 23.6. The number of nitrogens with one attached hydrogen (secondary N) is 2. The zero-order valence-corrected chi connectivity index (χ0v) is 19.8. The lowest BCUT2D eigenvalue weighted by atomic mass is 9.78. The summed E-state index contributed by atoms with van der Waals surface area (Å²) in [5.41, 5.74) is 0.256. The lowest BCUT2D eigenvalue weighted by molar-refractivity contribution is -0.0835. The molecular formula is C19H40IN3O2. The summed E-state index contributed by atoms with van der Waals surface area (Å²) in [4.78, 5) is 4.35. The Morgan fingerprint density at radius 2 is 1.84 bits per heavy atom. The van der Waals surface area contributed by atoms with E-state index in [0.29, 0.717) is 5.92 Å². The minimum Gasteiger partial charge on any atom is -0.379 e. The van der Waals surface area contributed by atoms with Gasteiger partial charge in [0.1, 0.15) is 0 Å². The number of ether oxygens (including phenoxy) is 2. The molecule has 0 bridgehead atoms. The fourth-order valence-corrected chi connectivity index (χ4v) is 3.39. The topological polar surface area (TPSA) is 54.9 Å². The number of guanidine groups is 1. The van der Waals surface area contributed by atoms with E-state index in [4.69, 9.17) is 9.47 Å². The van der Waals surface area contributed by atoms with Crippen molar-refractivity contribution in [1.82, 2.24) is 10.6 Å². The third-order valence-electron chi connectivity index (χ3n) is 4.76. The zero-order valence-electron chi connectivity index (χ0n) is 17.4. The summed E-state index contributed by atoms with van der Waals surface area (Å²) in [6, 6.07) is 0. The van der Waals surface area contributed by atoms with Crippen LogP contribution in [0.15, 0.2) is 4.99 Å². The molecule has 1 aliphatic heterocycles. The van der Waals surface area contributed by atoms with Crippen molar-refractivity contribution in [2.24, 2.45) is 21.7 Å². The monoisotopic (exact) mass is 469 g/mol. The molecular weight excluding hydrogens is 429 g/mol. The van der Waals surface area contributed by atoms with Crippen molar-refractivity contribution >= 4 is 29.9 Å². The lowest BCUT2D eigenvalue weighted by Gasteiger charge is -2.40. The molecule has 3 atom stereocenters. The quantitative estimate of drug-likeness (QED) is 0.367. The minimum atomic E-state index is 0. The highest BCUT2D eigenvalue weighted by atomic mass is 127. The van der Waals surface area contributed by atoms with Crippen LogP contribution >= 0.6 is 24.0 Å². The van der Waals surface area contributed by atoms with Gasteiger partial charge in [-0.1, -0.05) is 41.5 Å². The van der Waals surface area contributed by atoms with Gasteiger partial charge in [0.05, 0.1) is 12.2 Å². The van der Waals surface area contributed by atoms with Crippen LogP contribution in [0, 0.1) is 16.7 Å². The van der Waals surface area contributed by atoms with Crippen LogP contribution in [0.3, 0.4) is 0 Å². The predicted octanol–water partition coefficient (Wildman–Crippen LogP) is 3.67. The second-order valence-corrected chi connectivity index (χ2v) is 8.98. The number of aliphatic imine (C=N–C) groups is 1. The van der Waals surface area contributed by atoms with Crippen LogP contribution < -0.4 is 10.6 Å². The molecule has 0 aromatic heterocycles. The van der Waals surface area contributed by atoms with Crippen LogP contribution in [0.2, 0.25) is 0 Å². The van der Waals surface area contributed by atoms with E-state index in [-0.39, 0.29) is 47.0 Å². The van der Waals surface area contributed by atoms with Gasteiger partial charge in [0.15, 0.2) is 5.96 Å². The van der Waals surface area contributed by atoms with E-state index >= 15 is 0 Å². The van der Waals surface area contributed by atoms with Gasteiger partial charge in [0, 0.05) is 39.8 Å². The van der Waals surface area contributed by atoms with Crippen molar-refractivity contribution in [3.63, 3.8) is 0 Å². The Balaban J connectivity index is 0.00000576. The molecule has 150 valence electrons. The molecule has 1 saturated heterocycles. The fraction of sp³-hybridized carbons (Fsp3) is 0.947. The Morgan fingerprint density at radius 3 is 2.32 bits per heavy atom. The Kier molecular flexibility index (Phi) is 10.9. The standard InChI is InChI=1S/C19H39N3O2.HI/c1-18(2,3)15(23-8)13-22-17(20-7)21-12-14-10-9-11-24-16(14)19(4,5)6;/h14-16H,9-13H2,1-8H3,(H2,20,21,22);1H. The average Bonchev–Trinajstić information content (AvgIpc) is 2.49. The van der Waals surface area contributed by atoms with Gasteiger partial charge in [-0.3, -0.25) is 4.99 Å². The van der Waals surface area contributed by atoms with Crippen LogP contribution in [0.5, 0.6) is 0 Å². The first-order valence-electron chi connectivity index (χ1n) is 9.18. The van der Waals surface area contributed by atoms with E-state index in [1.165, 1.54) is 6.42 Å². The molecule has 1 rings (SSSR count). The summed E-state index contributed by atoms with van der Waals surface area (Å²) in [5.74, 6) is 1.35. The largest absolute Gasteiger partial charge is 0.379 e. The molecule has 0 aromatic carbocycles. The molecule has 0 amide bonds. The number of nitrogens with zero attached hydrogens (tertiary/aromatic N) is 1. The van der Waals surface area contributed by atoms with Crippen molar-refractivity contribution in [2.45, 2.75) is 66.6 Å². The van der Waals surface area contributed by atoms with Gasteiger partial charge in [0.25, 0.3) is 0 Å². The molecule has 3 unspecified atom stereocenters. The van der Waals surface area contributed by atoms with Gasteiger partial charge in [-0.2, -0.15) is 0 Å². The number of methoxy groups -OCH3 is 1. The molecule has 0 saturated carbocycles. The van der Waals surface area contributed by atoms with Gasteiger partial charge in [0.2, 0.25) is 0 Å². The SMILES string of the molecule is CN=C(NCC1CCCOC1C(C)(C)C)NCC(OC)C(C)(C)C.I. The maximum atomic E-state index is 6.06. The number of rotatable bonds is 5. The van der Waals surface area contributed by atoms with Crippen molar-refractivity contribution in [1.29, 1.82) is 0 Å². The van der Waals surface area contributed by atoms with Gasteiger partial charge < -0.3 is 20.1 Å². The Bertz CT molecular complexity index is 402. The van der Waals surface area contributed by atoms with Crippen molar-refractivity contribution in [3.8, 4) is 0 Å². The highest BCUT2D eigenvalue weighted by molar-refractivity contribution is 14.0. The molecule has 0 radical (unpaired) electrons. The van der Waals surface area contributed by atoms with Gasteiger partial charge in [-0.15, -0.1) is 24.0 Å². The highest BCUT2D eigenvalue weighted by Crippen LogP contribution is 2.33. The summed E-state index contributed by atoms with van der Waals surface area (Å²) in [6.45, 7) is 15.8. The van der Waals surface area contributed by atoms with E-state index in [1.807, 2.05) is 7.05 Å². The zero-order chi connectivity index (χ0) is 18.4. The molecule has 0 aliphatic carbocycles.